The Kier molecular flexibility index (Phi) is 3.90. The summed E-state index contributed by atoms with van der Waals surface area (Å²) in [6, 6.07) is 19.6. The average Bonchev–Trinajstić information content (AvgIpc) is 2.82. The van der Waals surface area contributed by atoms with Crippen molar-refractivity contribution < 1.29 is 9.47 Å². The molecule has 1 unspecified atom stereocenters. The van der Waals surface area contributed by atoms with Crippen LogP contribution < -0.4 is 9.47 Å². The molecule has 1 aliphatic rings. The smallest absolute Gasteiger partial charge is 0.318 e. The molecule has 104 valence electrons. The second-order valence-electron chi connectivity index (χ2n) is 4.84. The van der Waals surface area contributed by atoms with Crippen molar-refractivity contribution in [2.75, 3.05) is 6.54 Å². The maximum atomic E-state index is 6.16. The molecular formula is C16H18NO2P. The maximum Gasteiger partial charge on any atom is 0.318 e. The maximum absolute atomic E-state index is 6.16. The summed E-state index contributed by atoms with van der Waals surface area (Å²) in [5.74, 6) is 0.892. The van der Waals surface area contributed by atoms with Gasteiger partial charge in [0.25, 0.3) is 0 Å². The molecule has 0 N–H and O–H groups in total. The molecule has 4 heteroatoms. The van der Waals surface area contributed by atoms with Crippen molar-refractivity contribution >= 4 is 9.39 Å². The summed E-state index contributed by atoms with van der Waals surface area (Å²) in [5.41, 5.74) is 0. The lowest BCUT2D eigenvalue weighted by Gasteiger charge is -2.35. The standard InChI is InChI=1S/C16H18NO2P/c20-17-13-7-12-16(17,18-14-8-3-1-4-9-14)19-15-10-5-2-6-11-15/h1-6,8-11H,7,12-13,20H2. The van der Waals surface area contributed by atoms with Crippen molar-refractivity contribution in [1.29, 1.82) is 0 Å². The summed E-state index contributed by atoms with van der Waals surface area (Å²) in [7, 11) is 2.72. The molecule has 20 heavy (non-hydrogen) atoms. The Morgan fingerprint density at radius 1 is 0.850 bits per heavy atom. The third kappa shape index (κ3) is 2.79. The molecule has 1 saturated heterocycles. The fourth-order valence-electron chi connectivity index (χ4n) is 2.37. The van der Waals surface area contributed by atoms with Gasteiger partial charge >= 0.3 is 5.91 Å². The van der Waals surface area contributed by atoms with Crippen LogP contribution in [0.5, 0.6) is 11.5 Å². The van der Waals surface area contributed by atoms with Gasteiger partial charge in [0.15, 0.2) is 0 Å². The van der Waals surface area contributed by atoms with Crippen LogP contribution in [0.3, 0.4) is 0 Å². The Labute approximate surface area is 121 Å². The topological polar surface area (TPSA) is 21.7 Å². The number of para-hydroxylation sites is 2. The van der Waals surface area contributed by atoms with Gasteiger partial charge < -0.3 is 9.47 Å². The first-order valence-corrected chi connectivity index (χ1v) is 7.31. The summed E-state index contributed by atoms with van der Waals surface area (Å²) >= 11 is 0. The average molecular weight is 287 g/mol. The van der Waals surface area contributed by atoms with E-state index in [0.717, 1.165) is 30.9 Å². The van der Waals surface area contributed by atoms with Crippen LogP contribution in [0.4, 0.5) is 0 Å². The van der Waals surface area contributed by atoms with E-state index in [1.54, 1.807) is 0 Å². The van der Waals surface area contributed by atoms with E-state index in [-0.39, 0.29) is 0 Å². The summed E-state index contributed by atoms with van der Waals surface area (Å²) in [5, 5.41) is 0. The predicted octanol–water partition coefficient (Wildman–Crippen LogP) is 3.68. The van der Waals surface area contributed by atoms with Gasteiger partial charge in [-0.2, -0.15) is 0 Å². The lowest BCUT2D eigenvalue weighted by Crippen LogP contribution is -2.49. The Morgan fingerprint density at radius 3 is 1.75 bits per heavy atom. The molecule has 3 nitrogen and oxygen atoms in total. The minimum atomic E-state index is -0.743. The molecular weight excluding hydrogens is 269 g/mol. The zero-order valence-corrected chi connectivity index (χ0v) is 12.4. The molecule has 0 aromatic heterocycles. The highest BCUT2D eigenvalue weighted by atomic mass is 31.0. The van der Waals surface area contributed by atoms with Crippen LogP contribution in [0.15, 0.2) is 60.7 Å². The first-order valence-electron chi connectivity index (χ1n) is 6.79. The van der Waals surface area contributed by atoms with Gasteiger partial charge in [0.1, 0.15) is 11.5 Å². The summed E-state index contributed by atoms with van der Waals surface area (Å²) in [6.07, 6.45) is 1.88. The zero-order valence-electron chi connectivity index (χ0n) is 11.2. The van der Waals surface area contributed by atoms with E-state index in [9.17, 15) is 0 Å². The lowest BCUT2D eigenvalue weighted by molar-refractivity contribution is -0.168. The number of benzene rings is 2. The Balaban J connectivity index is 1.85. The van der Waals surface area contributed by atoms with Gasteiger partial charge in [0.2, 0.25) is 0 Å². The van der Waals surface area contributed by atoms with Crippen molar-refractivity contribution in [2.24, 2.45) is 0 Å². The van der Waals surface area contributed by atoms with E-state index in [4.69, 9.17) is 9.47 Å². The number of hydrogen-bond donors (Lipinski definition) is 0. The van der Waals surface area contributed by atoms with E-state index >= 15 is 0 Å². The highest BCUT2D eigenvalue weighted by Crippen LogP contribution is 2.36. The van der Waals surface area contributed by atoms with Gasteiger partial charge in [0.05, 0.1) is 0 Å². The van der Waals surface area contributed by atoms with Crippen LogP contribution >= 0.6 is 9.39 Å². The zero-order chi connectivity index (χ0) is 13.8. The molecule has 0 radical (unpaired) electrons. The third-order valence-corrected chi connectivity index (χ3v) is 4.02. The van der Waals surface area contributed by atoms with Gasteiger partial charge in [0, 0.05) is 13.0 Å². The highest BCUT2D eigenvalue weighted by Gasteiger charge is 2.44. The highest BCUT2D eigenvalue weighted by molar-refractivity contribution is 7.13. The Bertz CT molecular complexity index is 505. The van der Waals surface area contributed by atoms with Crippen LogP contribution in [-0.2, 0) is 0 Å². The first-order chi connectivity index (χ1) is 9.78. The molecule has 1 heterocycles. The predicted molar refractivity (Wildman–Crippen MR) is 82.5 cm³/mol. The fourth-order valence-corrected chi connectivity index (χ4v) is 2.79. The van der Waals surface area contributed by atoms with E-state index in [1.165, 1.54) is 0 Å². The van der Waals surface area contributed by atoms with Crippen LogP contribution in [0.1, 0.15) is 12.8 Å². The van der Waals surface area contributed by atoms with Crippen LogP contribution in [0.2, 0.25) is 0 Å². The monoisotopic (exact) mass is 287 g/mol. The SMILES string of the molecule is PN1CCCC1(Oc1ccccc1)Oc1ccccc1. The third-order valence-electron chi connectivity index (χ3n) is 3.37. The summed E-state index contributed by atoms with van der Waals surface area (Å²) in [6.45, 7) is 0.935. The van der Waals surface area contributed by atoms with Gasteiger partial charge in [-0.25, -0.2) is 4.67 Å². The van der Waals surface area contributed by atoms with E-state index in [0.29, 0.717) is 0 Å². The number of hydrogen-bond acceptors (Lipinski definition) is 3. The van der Waals surface area contributed by atoms with Crippen molar-refractivity contribution in [2.45, 2.75) is 18.8 Å². The van der Waals surface area contributed by atoms with Crippen molar-refractivity contribution in [3.8, 4) is 11.5 Å². The van der Waals surface area contributed by atoms with Crippen LogP contribution in [-0.4, -0.2) is 17.1 Å². The Hall–Kier alpha value is -1.57. The van der Waals surface area contributed by atoms with E-state index in [2.05, 4.69) is 9.39 Å². The minimum absolute atomic E-state index is 0.743. The molecule has 1 aliphatic heterocycles. The molecule has 0 saturated carbocycles. The Morgan fingerprint density at radius 2 is 1.35 bits per heavy atom. The molecule has 0 bridgehead atoms. The summed E-state index contributed by atoms with van der Waals surface area (Å²) < 4.78 is 14.4. The molecule has 1 fully saturated rings. The molecule has 1 atom stereocenters. The largest absolute Gasteiger partial charge is 0.439 e. The minimum Gasteiger partial charge on any atom is -0.439 e. The molecule has 0 amide bonds. The van der Waals surface area contributed by atoms with E-state index < -0.39 is 5.91 Å². The molecule has 0 spiro atoms. The number of ether oxygens (including phenoxy) is 2. The second-order valence-corrected chi connectivity index (χ2v) is 5.46. The van der Waals surface area contributed by atoms with Crippen molar-refractivity contribution in [3.63, 3.8) is 0 Å². The van der Waals surface area contributed by atoms with Gasteiger partial charge in [-0.3, -0.25) is 0 Å². The molecule has 2 aromatic carbocycles. The van der Waals surface area contributed by atoms with Crippen molar-refractivity contribution in [1.82, 2.24) is 4.67 Å². The summed E-state index contributed by atoms with van der Waals surface area (Å²) in [4.78, 5) is 0. The van der Waals surface area contributed by atoms with E-state index in [1.807, 2.05) is 65.3 Å². The molecule has 3 rings (SSSR count). The first kappa shape index (κ1) is 13.4. The fraction of sp³-hybridized carbons (Fsp3) is 0.250. The number of nitrogens with zero attached hydrogens (tertiary/aromatic N) is 1. The van der Waals surface area contributed by atoms with Crippen LogP contribution in [0.25, 0.3) is 0 Å². The van der Waals surface area contributed by atoms with Gasteiger partial charge in [-0.05, 0) is 30.7 Å². The molecule has 0 aliphatic carbocycles. The lowest BCUT2D eigenvalue weighted by atomic mass is 10.3. The van der Waals surface area contributed by atoms with Gasteiger partial charge in [-0.15, -0.1) is 0 Å². The van der Waals surface area contributed by atoms with Crippen LogP contribution in [0, 0.1) is 0 Å². The normalized spacial score (nSPS) is 17.9. The van der Waals surface area contributed by atoms with Crippen molar-refractivity contribution in [3.05, 3.63) is 60.7 Å². The second kappa shape index (κ2) is 5.82. The quantitative estimate of drug-likeness (QED) is 0.632. The van der Waals surface area contributed by atoms with Gasteiger partial charge in [-0.1, -0.05) is 45.8 Å². The molecule has 2 aromatic rings. The number of rotatable bonds is 4.